The first-order chi connectivity index (χ1) is 10.8. The Kier molecular flexibility index (Phi) is 2.96. The van der Waals surface area contributed by atoms with Gasteiger partial charge < -0.3 is 9.13 Å². The predicted molar refractivity (Wildman–Crippen MR) is 81.2 cm³/mol. The number of hydrogen-bond acceptors (Lipinski definition) is 4. The van der Waals surface area contributed by atoms with Crippen molar-refractivity contribution in [3.8, 4) is 11.5 Å². The highest BCUT2D eigenvalue weighted by Crippen LogP contribution is 2.17. The fourth-order valence-corrected chi connectivity index (χ4v) is 2.51. The second-order valence-corrected chi connectivity index (χ2v) is 5.02. The molecule has 0 aliphatic rings. The van der Waals surface area contributed by atoms with E-state index in [-0.39, 0.29) is 0 Å². The zero-order valence-corrected chi connectivity index (χ0v) is 12.2. The van der Waals surface area contributed by atoms with E-state index < -0.39 is 0 Å². The number of aryl methyl sites for hydroxylation is 1. The number of imidazole rings is 2. The Hall–Kier alpha value is -2.96. The molecule has 4 heterocycles. The van der Waals surface area contributed by atoms with Crippen LogP contribution in [0.25, 0.3) is 17.2 Å². The van der Waals surface area contributed by atoms with Gasteiger partial charge in [0.05, 0.1) is 18.6 Å². The minimum absolute atomic E-state index is 0.662. The lowest BCUT2D eigenvalue weighted by Gasteiger charge is -2.07. The van der Waals surface area contributed by atoms with E-state index >= 15 is 0 Å². The fraction of sp³-hybridized carbons (Fsp3) is 0.200. The molecule has 4 aromatic rings. The van der Waals surface area contributed by atoms with Crippen LogP contribution in [0.15, 0.2) is 49.4 Å². The van der Waals surface area contributed by atoms with Crippen molar-refractivity contribution < 1.29 is 0 Å². The summed E-state index contributed by atoms with van der Waals surface area (Å²) in [7, 11) is 0. The quantitative estimate of drug-likeness (QED) is 0.576. The average Bonchev–Trinajstić information content (AvgIpc) is 3.27. The molecule has 22 heavy (non-hydrogen) atoms. The van der Waals surface area contributed by atoms with E-state index in [1.807, 2.05) is 46.0 Å². The molecule has 0 aromatic carbocycles. The molecule has 0 amide bonds. The summed E-state index contributed by atoms with van der Waals surface area (Å²) in [5.41, 5.74) is 2.76. The van der Waals surface area contributed by atoms with Crippen LogP contribution in [0, 0.1) is 0 Å². The summed E-state index contributed by atoms with van der Waals surface area (Å²) in [6, 6.07) is 5.96. The lowest BCUT2D eigenvalue weighted by atomic mass is 10.3. The maximum absolute atomic E-state index is 4.44. The third-order valence-electron chi connectivity index (χ3n) is 3.66. The van der Waals surface area contributed by atoms with Gasteiger partial charge in [-0.1, -0.05) is 6.07 Å². The van der Waals surface area contributed by atoms with Crippen LogP contribution >= 0.6 is 0 Å². The van der Waals surface area contributed by atoms with Crippen LogP contribution in [0.1, 0.15) is 12.6 Å². The normalized spacial score (nSPS) is 11.3. The Labute approximate surface area is 126 Å². The zero-order chi connectivity index (χ0) is 14.9. The minimum atomic E-state index is 0.662. The molecular weight excluding hydrogens is 278 g/mol. The smallest absolute Gasteiger partial charge is 0.160 e. The van der Waals surface area contributed by atoms with E-state index in [1.54, 1.807) is 12.5 Å². The highest BCUT2D eigenvalue weighted by atomic mass is 15.3. The third-order valence-corrected chi connectivity index (χ3v) is 3.66. The topological polar surface area (TPSA) is 65.8 Å². The molecular formula is C15H15N7. The molecule has 110 valence electrons. The summed E-state index contributed by atoms with van der Waals surface area (Å²) in [5.74, 6) is 0.851. The van der Waals surface area contributed by atoms with Gasteiger partial charge in [0, 0.05) is 25.1 Å². The molecule has 0 radical (unpaired) electrons. The van der Waals surface area contributed by atoms with Gasteiger partial charge in [0.2, 0.25) is 0 Å². The summed E-state index contributed by atoms with van der Waals surface area (Å²) >= 11 is 0. The number of hydrogen-bond donors (Lipinski definition) is 0. The number of aromatic nitrogens is 7. The first kappa shape index (κ1) is 12.8. The van der Waals surface area contributed by atoms with Crippen LogP contribution in [-0.2, 0) is 13.1 Å². The van der Waals surface area contributed by atoms with E-state index in [9.17, 15) is 0 Å². The second-order valence-electron chi connectivity index (χ2n) is 5.02. The Balaban J connectivity index is 1.72. The van der Waals surface area contributed by atoms with Crippen LogP contribution < -0.4 is 0 Å². The molecule has 7 nitrogen and oxygen atoms in total. The zero-order valence-electron chi connectivity index (χ0n) is 12.2. The van der Waals surface area contributed by atoms with E-state index in [1.165, 1.54) is 0 Å². The summed E-state index contributed by atoms with van der Waals surface area (Å²) in [6.07, 6.45) is 9.15. The maximum atomic E-state index is 4.44. The standard InChI is InChI=1S/C15H15N7/c1-2-20-9-13(18-11-20)15-16-6-7-21(15)8-12-4-3-5-14-17-10-19-22(12)14/h3-7,9-11H,2,8H2,1H3. The lowest BCUT2D eigenvalue weighted by molar-refractivity contribution is 0.738. The summed E-state index contributed by atoms with van der Waals surface area (Å²) < 4.78 is 5.94. The van der Waals surface area contributed by atoms with Crippen LogP contribution in [0.4, 0.5) is 0 Å². The molecule has 4 rings (SSSR count). The molecule has 0 bridgehead atoms. The maximum Gasteiger partial charge on any atom is 0.160 e. The molecule has 4 aromatic heterocycles. The van der Waals surface area contributed by atoms with Gasteiger partial charge in [-0.25, -0.2) is 19.5 Å². The van der Waals surface area contributed by atoms with E-state index in [0.29, 0.717) is 6.54 Å². The molecule has 0 atom stereocenters. The van der Waals surface area contributed by atoms with Crippen molar-refractivity contribution in [3.05, 3.63) is 55.1 Å². The molecule has 0 saturated carbocycles. The van der Waals surface area contributed by atoms with Gasteiger partial charge in [0.25, 0.3) is 0 Å². The van der Waals surface area contributed by atoms with E-state index in [0.717, 1.165) is 29.4 Å². The van der Waals surface area contributed by atoms with Crippen molar-refractivity contribution in [3.63, 3.8) is 0 Å². The lowest BCUT2D eigenvalue weighted by Crippen LogP contribution is -2.06. The van der Waals surface area contributed by atoms with Crippen LogP contribution in [0.3, 0.4) is 0 Å². The third kappa shape index (κ3) is 2.07. The molecule has 0 N–H and O–H groups in total. The van der Waals surface area contributed by atoms with Gasteiger partial charge in [-0.15, -0.1) is 0 Å². The monoisotopic (exact) mass is 293 g/mol. The van der Waals surface area contributed by atoms with Crippen LogP contribution in [-0.4, -0.2) is 33.7 Å². The minimum Gasteiger partial charge on any atom is -0.337 e. The van der Waals surface area contributed by atoms with E-state index in [2.05, 4.69) is 31.5 Å². The molecule has 0 unspecified atom stereocenters. The molecule has 7 heteroatoms. The van der Waals surface area contributed by atoms with Crippen LogP contribution in [0.5, 0.6) is 0 Å². The van der Waals surface area contributed by atoms with Crippen molar-refractivity contribution in [1.82, 2.24) is 33.7 Å². The Morgan fingerprint density at radius 1 is 1.14 bits per heavy atom. The first-order valence-corrected chi connectivity index (χ1v) is 7.16. The van der Waals surface area contributed by atoms with E-state index in [4.69, 9.17) is 0 Å². The Bertz CT molecular complexity index is 915. The molecule has 0 aliphatic heterocycles. The highest BCUT2D eigenvalue weighted by molar-refractivity contribution is 5.48. The van der Waals surface area contributed by atoms with Gasteiger partial charge in [-0.3, -0.25) is 0 Å². The van der Waals surface area contributed by atoms with Gasteiger partial charge in [0.15, 0.2) is 11.5 Å². The second kappa shape index (κ2) is 5.10. The van der Waals surface area contributed by atoms with Crippen LogP contribution in [0.2, 0.25) is 0 Å². The van der Waals surface area contributed by atoms with Crippen molar-refractivity contribution in [2.45, 2.75) is 20.0 Å². The van der Waals surface area contributed by atoms with Crippen molar-refractivity contribution in [2.75, 3.05) is 0 Å². The molecule has 0 spiro atoms. The Morgan fingerprint density at radius 3 is 2.95 bits per heavy atom. The summed E-state index contributed by atoms with van der Waals surface area (Å²) in [4.78, 5) is 13.1. The molecule has 0 saturated heterocycles. The SMILES string of the molecule is CCn1cnc(-c2nccn2Cc2cccc3ncnn23)c1. The molecule has 0 fully saturated rings. The van der Waals surface area contributed by atoms with Gasteiger partial charge in [0.1, 0.15) is 12.0 Å². The Morgan fingerprint density at radius 2 is 2.09 bits per heavy atom. The van der Waals surface area contributed by atoms with Crippen molar-refractivity contribution >= 4 is 5.65 Å². The summed E-state index contributed by atoms with van der Waals surface area (Å²) in [6.45, 7) is 3.64. The fourth-order valence-electron chi connectivity index (χ4n) is 2.51. The van der Waals surface area contributed by atoms with Gasteiger partial charge in [-0.2, -0.15) is 5.10 Å². The predicted octanol–water partition coefficient (Wildman–Crippen LogP) is 1.86. The number of pyridine rings is 1. The van der Waals surface area contributed by atoms with Crippen molar-refractivity contribution in [1.29, 1.82) is 0 Å². The van der Waals surface area contributed by atoms with Gasteiger partial charge in [-0.05, 0) is 19.1 Å². The molecule has 0 aliphatic carbocycles. The summed E-state index contributed by atoms with van der Waals surface area (Å²) in [5, 5.41) is 4.27. The number of nitrogens with zero attached hydrogens (tertiary/aromatic N) is 7. The van der Waals surface area contributed by atoms with Crippen molar-refractivity contribution in [2.24, 2.45) is 0 Å². The first-order valence-electron chi connectivity index (χ1n) is 7.16. The average molecular weight is 293 g/mol. The number of fused-ring (bicyclic) bond motifs is 1. The van der Waals surface area contributed by atoms with Gasteiger partial charge >= 0.3 is 0 Å². The largest absolute Gasteiger partial charge is 0.337 e. The highest BCUT2D eigenvalue weighted by Gasteiger charge is 2.11. The number of rotatable bonds is 4.